The largest absolute Gasteiger partial charge is 2.00 e. The average molecular weight is 379 g/mol. The van der Waals surface area contributed by atoms with E-state index in [0.717, 1.165) is 5.92 Å². The summed E-state index contributed by atoms with van der Waals surface area (Å²) in [4.78, 5) is 21.9. The summed E-state index contributed by atoms with van der Waals surface area (Å²) in [6.45, 7) is 0.391. The molecule has 25 heavy (non-hydrogen) atoms. The summed E-state index contributed by atoms with van der Waals surface area (Å²) < 4.78 is 0. The van der Waals surface area contributed by atoms with E-state index in [0.29, 0.717) is 6.54 Å². The molecule has 0 saturated heterocycles. The Hall–Kier alpha value is -1.59. The number of benzene rings is 1. The molecular formula is C18H17FeN3O3+2. The number of hydrogen-bond acceptors (Lipinski definition) is 4. The van der Waals surface area contributed by atoms with Crippen LogP contribution in [0.4, 0.5) is 11.4 Å². The van der Waals surface area contributed by atoms with Crippen molar-refractivity contribution in [2.75, 3.05) is 12.3 Å². The van der Waals surface area contributed by atoms with Crippen LogP contribution >= 0.6 is 0 Å². The first-order chi connectivity index (χ1) is 11.6. The zero-order valence-electron chi connectivity index (χ0n) is 13.2. The number of nitrogens with zero attached hydrogens (tertiary/aromatic N) is 1. The fourth-order valence-electron chi connectivity index (χ4n) is 2.00. The van der Waals surface area contributed by atoms with E-state index < -0.39 is 4.92 Å². The van der Waals surface area contributed by atoms with Crippen molar-refractivity contribution in [3.05, 3.63) is 97.6 Å². The van der Waals surface area contributed by atoms with Gasteiger partial charge in [0, 0.05) is 24.6 Å². The van der Waals surface area contributed by atoms with Crippen molar-refractivity contribution >= 4 is 17.3 Å². The number of nitro benzene ring substituents is 1. The zero-order chi connectivity index (χ0) is 17.4. The van der Waals surface area contributed by atoms with Gasteiger partial charge in [0.2, 0.25) is 0 Å². The van der Waals surface area contributed by atoms with E-state index in [2.05, 4.69) is 5.32 Å². The van der Waals surface area contributed by atoms with Gasteiger partial charge in [0.25, 0.3) is 11.6 Å². The molecule has 2 aliphatic carbocycles. The first-order valence-corrected chi connectivity index (χ1v) is 7.27. The first-order valence-electron chi connectivity index (χ1n) is 7.27. The molecule has 0 atom stereocenters. The summed E-state index contributed by atoms with van der Waals surface area (Å²) in [5.41, 5.74) is 5.83. The van der Waals surface area contributed by atoms with Crippen LogP contribution in [0.3, 0.4) is 0 Å². The molecule has 0 spiro atoms. The van der Waals surface area contributed by atoms with Crippen LogP contribution in [0.2, 0.25) is 0 Å². The van der Waals surface area contributed by atoms with Crippen LogP contribution < -0.4 is 11.1 Å². The van der Waals surface area contributed by atoms with Gasteiger partial charge in [-0.1, -0.05) is 0 Å². The Labute approximate surface area is 159 Å². The molecule has 0 aromatic heterocycles. The minimum atomic E-state index is -0.554. The van der Waals surface area contributed by atoms with E-state index in [1.165, 1.54) is 18.2 Å². The molecule has 3 rings (SSSR count). The quantitative estimate of drug-likeness (QED) is 0.363. The number of anilines is 1. The number of nitrogens with two attached hydrogens (primary N) is 1. The van der Waals surface area contributed by atoms with Gasteiger partial charge in [0.05, 0.1) is 16.2 Å². The minimum Gasteiger partial charge on any atom is -0.398 e. The molecule has 128 valence electrons. The summed E-state index contributed by atoms with van der Waals surface area (Å²) in [6, 6.07) is 3.79. The Morgan fingerprint density at radius 3 is 2.08 bits per heavy atom. The molecule has 3 N–H and O–H groups in total. The molecule has 7 heteroatoms. The first kappa shape index (κ1) is 21.5. The second-order valence-electron chi connectivity index (χ2n) is 4.97. The third-order valence-electron chi connectivity index (χ3n) is 3.23. The maximum absolute atomic E-state index is 11.9. The Morgan fingerprint density at radius 2 is 1.60 bits per heavy atom. The number of rotatable bonds is 4. The molecule has 2 saturated carbocycles. The van der Waals surface area contributed by atoms with Crippen molar-refractivity contribution in [2.24, 2.45) is 0 Å². The van der Waals surface area contributed by atoms with Gasteiger partial charge in [0.15, 0.2) is 0 Å². The molecule has 0 unspecified atom stereocenters. The van der Waals surface area contributed by atoms with Gasteiger partial charge in [-0.05, 0) is 63.9 Å². The Balaban J connectivity index is 0.000000448. The van der Waals surface area contributed by atoms with Crippen LogP contribution in [-0.4, -0.2) is 17.4 Å². The van der Waals surface area contributed by atoms with Crippen molar-refractivity contribution < 1.29 is 26.8 Å². The molecule has 0 heterocycles. The van der Waals surface area contributed by atoms with Crippen LogP contribution in [-0.2, 0) is 17.1 Å². The Bertz CT molecular complexity index is 563. The number of carbonyl (C=O) groups is 1. The van der Waals surface area contributed by atoms with E-state index in [-0.39, 0.29) is 39.9 Å². The maximum Gasteiger partial charge on any atom is 2.00 e. The van der Waals surface area contributed by atoms with Crippen molar-refractivity contribution in [2.45, 2.75) is 0 Å². The van der Waals surface area contributed by atoms with E-state index in [1.54, 1.807) is 0 Å². The summed E-state index contributed by atoms with van der Waals surface area (Å²) in [7, 11) is 0. The standard InChI is InChI=1S/C13H12N3O3.C5H5.Fe/c14-12-7-10(16(18)19)5-6-11(12)13(17)15-8-9-3-1-2-4-9;1-2-4-5-3-1;/h1-7H,8,14H2,(H,15,17);1-5H;/q;;+2. The molecular weight excluding hydrogens is 362 g/mol. The molecule has 10 radical (unpaired) electrons. The van der Waals surface area contributed by atoms with Gasteiger partial charge in [0.1, 0.15) is 0 Å². The minimum absolute atomic E-state index is 0. The van der Waals surface area contributed by atoms with Gasteiger partial charge in [-0.25, -0.2) is 0 Å². The normalized spacial score (nSPS) is 16.5. The van der Waals surface area contributed by atoms with E-state index in [1.807, 2.05) is 57.8 Å². The van der Waals surface area contributed by atoms with Crippen molar-refractivity contribution in [3.63, 3.8) is 0 Å². The number of hydrogen-bond donors (Lipinski definition) is 2. The fraction of sp³-hybridized carbons (Fsp3) is 0.0556. The van der Waals surface area contributed by atoms with Gasteiger partial charge in [-0.15, -0.1) is 0 Å². The predicted octanol–water partition coefficient (Wildman–Crippen LogP) is 2.33. The van der Waals surface area contributed by atoms with Crippen LogP contribution in [0.1, 0.15) is 10.4 Å². The Kier molecular flexibility index (Phi) is 9.53. The maximum atomic E-state index is 11.9. The van der Waals surface area contributed by atoms with Crippen molar-refractivity contribution in [3.8, 4) is 0 Å². The summed E-state index contributed by atoms with van der Waals surface area (Å²) >= 11 is 0. The zero-order valence-corrected chi connectivity index (χ0v) is 14.3. The summed E-state index contributed by atoms with van der Waals surface area (Å²) in [5.74, 6) is 0.627. The summed E-state index contributed by atoms with van der Waals surface area (Å²) in [6.07, 6.45) is 17.5. The van der Waals surface area contributed by atoms with E-state index >= 15 is 0 Å². The topological polar surface area (TPSA) is 98.3 Å². The number of carbonyl (C=O) groups excluding carboxylic acids is 1. The number of non-ortho nitro benzene ring substituents is 1. The van der Waals surface area contributed by atoms with E-state index in [9.17, 15) is 14.9 Å². The second-order valence-corrected chi connectivity index (χ2v) is 4.97. The average Bonchev–Trinajstić information content (AvgIpc) is 3.28. The van der Waals surface area contributed by atoms with Crippen molar-refractivity contribution in [1.29, 1.82) is 0 Å². The number of nitrogen functional groups attached to an aromatic ring is 1. The van der Waals surface area contributed by atoms with Gasteiger partial charge in [-0.2, -0.15) is 0 Å². The van der Waals surface area contributed by atoms with Gasteiger partial charge in [-0.3, -0.25) is 14.9 Å². The number of nitrogens with one attached hydrogen (secondary N) is 1. The molecule has 2 fully saturated rings. The molecule has 0 bridgehead atoms. The Morgan fingerprint density at radius 1 is 1.04 bits per heavy atom. The van der Waals surface area contributed by atoms with Gasteiger partial charge < -0.3 is 11.1 Å². The summed E-state index contributed by atoms with van der Waals surface area (Å²) in [5, 5.41) is 13.3. The number of nitro groups is 1. The van der Waals surface area contributed by atoms with Crippen LogP contribution in [0.5, 0.6) is 0 Å². The molecule has 6 nitrogen and oxygen atoms in total. The third kappa shape index (κ3) is 7.04. The molecule has 1 aromatic carbocycles. The number of amides is 1. The molecule has 2 aliphatic rings. The molecule has 1 aromatic rings. The van der Waals surface area contributed by atoms with E-state index in [4.69, 9.17) is 5.73 Å². The fourth-order valence-corrected chi connectivity index (χ4v) is 2.00. The monoisotopic (exact) mass is 379 g/mol. The predicted molar refractivity (Wildman–Crippen MR) is 91.8 cm³/mol. The van der Waals surface area contributed by atoms with Crippen LogP contribution in [0.25, 0.3) is 0 Å². The third-order valence-corrected chi connectivity index (χ3v) is 3.23. The molecule has 1 amide bonds. The smallest absolute Gasteiger partial charge is 0.398 e. The SMILES string of the molecule is Nc1cc([N+](=O)[O-])ccc1C(=O)NC[C]1[CH][CH][CH][CH]1.[CH]1[CH][CH][CH][CH]1.[Fe+2]. The van der Waals surface area contributed by atoms with Gasteiger partial charge >= 0.3 is 17.1 Å². The van der Waals surface area contributed by atoms with Crippen LogP contribution in [0.15, 0.2) is 18.2 Å². The van der Waals surface area contributed by atoms with Crippen molar-refractivity contribution in [1.82, 2.24) is 5.32 Å². The van der Waals surface area contributed by atoms with Crippen LogP contribution in [0, 0.1) is 73.8 Å². The second kappa shape index (κ2) is 11.1. The molecule has 0 aliphatic heterocycles.